The molecule has 0 fully saturated rings. The van der Waals surface area contributed by atoms with Gasteiger partial charge in [-0.1, -0.05) is 25.4 Å². The fourth-order valence-corrected chi connectivity index (χ4v) is 2.59. The number of nitrogens with zero attached hydrogens (tertiary/aromatic N) is 1. The molecule has 7 heteroatoms. The van der Waals surface area contributed by atoms with Crippen LogP contribution in [0.4, 0.5) is 10.1 Å². The summed E-state index contributed by atoms with van der Waals surface area (Å²) in [6.45, 7) is 5.61. The Balaban J connectivity index is 3.57. The number of carboxylic acids is 2. The molecule has 0 aliphatic carbocycles. The van der Waals surface area contributed by atoms with Crippen LogP contribution in [-0.2, 0) is 22.4 Å². The fraction of sp³-hybridized carbons (Fsp3) is 0.375. The van der Waals surface area contributed by atoms with Gasteiger partial charge in [0.25, 0.3) is 0 Å². The van der Waals surface area contributed by atoms with Crippen LogP contribution in [0.3, 0.4) is 0 Å². The zero-order valence-electron chi connectivity index (χ0n) is 13.2. The molecule has 23 heavy (non-hydrogen) atoms. The molecule has 1 aromatic carbocycles. The van der Waals surface area contributed by atoms with Gasteiger partial charge in [0.1, 0.15) is 5.82 Å². The number of hydrogen-bond acceptors (Lipinski definition) is 3. The third-order valence-corrected chi connectivity index (χ3v) is 3.88. The Morgan fingerprint density at radius 2 is 1.78 bits per heavy atom. The van der Waals surface area contributed by atoms with E-state index in [4.69, 9.17) is 21.8 Å². The van der Waals surface area contributed by atoms with Gasteiger partial charge in [0, 0.05) is 18.4 Å². The van der Waals surface area contributed by atoms with E-state index >= 15 is 0 Å². The Bertz CT molecular complexity index is 642. The largest absolute Gasteiger partial charge is 0.477 e. The van der Waals surface area contributed by atoms with Crippen LogP contribution in [0.2, 0.25) is 5.02 Å². The van der Waals surface area contributed by atoms with Crippen molar-refractivity contribution in [2.75, 3.05) is 11.4 Å². The molecular weight excluding hydrogens is 325 g/mol. The SMILES string of the molecule is CCc1cc(N(C=C(C(=O)O)C(=O)O)CC)c(CC)c(Cl)c1F. The second-order valence-corrected chi connectivity index (χ2v) is 5.19. The summed E-state index contributed by atoms with van der Waals surface area (Å²) in [7, 11) is 0. The Morgan fingerprint density at radius 3 is 2.17 bits per heavy atom. The Morgan fingerprint density at radius 1 is 1.22 bits per heavy atom. The highest BCUT2D eigenvalue weighted by molar-refractivity contribution is 6.32. The normalized spacial score (nSPS) is 10.3. The van der Waals surface area contributed by atoms with Gasteiger partial charge in [0.2, 0.25) is 0 Å². The van der Waals surface area contributed by atoms with E-state index in [1.54, 1.807) is 26.8 Å². The van der Waals surface area contributed by atoms with Crippen molar-refractivity contribution in [2.45, 2.75) is 33.6 Å². The summed E-state index contributed by atoms with van der Waals surface area (Å²) in [4.78, 5) is 23.6. The van der Waals surface area contributed by atoms with Gasteiger partial charge in [-0.3, -0.25) is 0 Å². The molecular formula is C16H19ClFNO4. The first-order valence-corrected chi connectivity index (χ1v) is 7.60. The maximum atomic E-state index is 14.2. The molecule has 5 nitrogen and oxygen atoms in total. The molecule has 0 aliphatic rings. The van der Waals surface area contributed by atoms with Crippen LogP contribution in [0, 0.1) is 5.82 Å². The molecule has 0 saturated carbocycles. The van der Waals surface area contributed by atoms with Crippen molar-refractivity contribution in [3.63, 3.8) is 0 Å². The summed E-state index contributed by atoms with van der Waals surface area (Å²) in [6, 6.07) is 1.58. The van der Waals surface area contributed by atoms with Crippen LogP contribution >= 0.6 is 11.6 Å². The van der Waals surface area contributed by atoms with E-state index in [1.807, 2.05) is 0 Å². The van der Waals surface area contributed by atoms with Crippen molar-refractivity contribution in [3.05, 3.63) is 39.8 Å². The lowest BCUT2D eigenvalue weighted by atomic mass is 10.0. The van der Waals surface area contributed by atoms with Gasteiger partial charge in [0.05, 0.1) is 5.02 Å². The summed E-state index contributed by atoms with van der Waals surface area (Å²) < 4.78 is 14.2. The number of rotatable bonds is 7. The minimum Gasteiger partial charge on any atom is -0.477 e. The number of carbonyl (C=O) groups is 2. The van der Waals surface area contributed by atoms with Crippen molar-refractivity contribution in [1.82, 2.24) is 0 Å². The number of hydrogen-bond donors (Lipinski definition) is 2. The highest BCUT2D eigenvalue weighted by Crippen LogP contribution is 2.34. The average molecular weight is 344 g/mol. The molecule has 0 radical (unpaired) electrons. The molecule has 126 valence electrons. The zero-order chi connectivity index (χ0) is 17.7. The van der Waals surface area contributed by atoms with Gasteiger partial charge in [0.15, 0.2) is 5.57 Å². The Labute approximate surface area is 139 Å². The van der Waals surface area contributed by atoms with Crippen LogP contribution in [0.15, 0.2) is 17.8 Å². The van der Waals surface area contributed by atoms with Crippen molar-refractivity contribution in [1.29, 1.82) is 0 Å². The molecule has 0 amide bonds. The monoisotopic (exact) mass is 343 g/mol. The summed E-state index contributed by atoms with van der Waals surface area (Å²) in [5.41, 5.74) is 0.640. The van der Waals surface area contributed by atoms with E-state index in [0.717, 1.165) is 6.20 Å². The van der Waals surface area contributed by atoms with E-state index in [1.165, 1.54) is 4.90 Å². The molecule has 1 rings (SSSR count). The first-order chi connectivity index (χ1) is 10.8. The number of benzene rings is 1. The first-order valence-electron chi connectivity index (χ1n) is 7.23. The fourth-order valence-electron chi connectivity index (χ4n) is 2.24. The Hall–Kier alpha value is -2.08. The molecule has 1 aromatic rings. The van der Waals surface area contributed by atoms with Crippen LogP contribution in [0.5, 0.6) is 0 Å². The van der Waals surface area contributed by atoms with Crippen molar-refractivity contribution in [3.8, 4) is 0 Å². The van der Waals surface area contributed by atoms with E-state index < -0.39 is 23.3 Å². The first kappa shape index (κ1) is 19.0. The highest BCUT2D eigenvalue weighted by Gasteiger charge is 2.21. The maximum absolute atomic E-state index is 14.2. The third-order valence-electron chi connectivity index (χ3n) is 3.49. The van der Waals surface area contributed by atoms with Crippen LogP contribution in [0.1, 0.15) is 31.9 Å². The summed E-state index contributed by atoms with van der Waals surface area (Å²) in [5.74, 6) is -3.58. The van der Waals surface area contributed by atoms with Crippen molar-refractivity contribution >= 4 is 29.2 Å². The molecule has 0 spiro atoms. The molecule has 0 aliphatic heterocycles. The molecule has 0 atom stereocenters. The number of halogens is 2. The van der Waals surface area contributed by atoms with Crippen molar-refractivity contribution < 1.29 is 24.2 Å². The van der Waals surface area contributed by atoms with Crippen molar-refractivity contribution in [2.24, 2.45) is 0 Å². The quantitative estimate of drug-likeness (QED) is 0.450. The summed E-state index contributed by atoms with van der Waals surface area (Å²) in [5, 5.41) is 18.0. The Kier molecular flexibility index (Phi) is 6.57. The number of anilines is 1. The van der Waals surface area contributed by atoms with E-state index in [0.29, 0.717) is 36.2 Å². The third kappa shape index (κ3) is 4.01. The lowest BCUT2D eigenvalue weighted by molar-refractivity contribution is -0.140. The van der Waals surface area contributed by atoms with E-state index in [9.17, 15) is 14.0 Å². The van der Waals surface area contributed by atoms with Crippen LogP contribution in [0.25, 0.3) is 0 Å². The number of aryl methyl sites for hydroxylation is 1. The summed E-state index contributed by atoms with van der Waals surface area (Å²) in [6.07, 6.45) is 1.87. The molecule has 0 unspecified atom stereocenters. The van der Waals surface area contributed by atoms with Gasteiger partial charge >= 0.3 is 11.9 Å². The van der Waals surface area contributed by atoms with Gasteiger partial charge < -0.3 is 15.1 Å². The van der Waals surface area contributed by atoms with E-state index in [-0.39, 0.29) is 5.02 Å². The maximum Gasteiger partial charge on any atom is 0.344 e. The number of carboxylic acid groups (broad SMARTS) is 2. The second kappa shape index (κ2) is 7.97. The minimum absolute atomic E-state index is 0.0131. The molecule has 0 aromatic heterocycles. The predicted molar refractivity (Wildman–Crippen MR) is 86.5 cm³/mol. The average Bonchev–Trinajstić information content (AvgIpc) is 2.50. The minimum atomic E-state index is -1.54. The van der Waals surface area contributed by atoms with E-state index in [2.05, 4.69) is 0 Å². The van der Waals surface area contributed by atoms with Gasteiger partial charge in [-0.15, -0.1) is 0 Å². The molecule has 0 bridgehead atoms. The number of aliphatic carboxylic acids is 2. The summed E-state index contributed by atoms with van der Waals surface area (Å²) >= 11 is 6.09. The lowest BCUT2D eigenvalue weighted by Crippen LogP contribution is -2.22. The molecule has 0 saturated heterocycles. The second-order valence-electron chi connectivity index (χ2n) is 4.81. The van der Waals surface area contributed by atoms with Crippen LogP contribution in [-0.4, -0.2) is 28.7 Å². The predicted octanol–water partition coefficient (Wildman–Crippen LogP) is 3.48. The smallest absolute Gasteiger partial charge is 0.344 e. The highest BCUT2D eigenvalue weighted by atomic mass is 35.5. The molecule has 0 heterocycles. The standard InChI is InChI=1S/C16H19ClFNO4/c1-4-9-7-12(10(5-2)13(17)14(9)18)19(6-3)8-11(15(20)21)16(22)23/h7-8H,4-6H2,1-3H3,(H,20,21)(H,22,23). The zero-order valence-corrected chi connectivity index (χ0v) is 13.9. The van der Waals surface area contributed by atoms with Gasteiger partial charge in [-0.05, 0) is 37.0 Å². The topological polar surface area (TPSA) is 77.8 Å². The molecule has 2 N–H and O–H groups in total. The van der Waals surface area contributed by atoms with Crippen LogP contribution < -0.4 is 4.90 Å². The van der Waals surface area contributed by atoms with Gasteiger partial charge in [-0.2, -0.15) is 0 Å². The lowest BCUT2D eigenvalue weighted by Gasteiger charge is -2.24. The van der Waals surface area contributed by atoms with Gasteiger partial charge in [-0.25, -0.2) is 14.0 Å².